The Kier molecular flexibility index (Phi) is 7.73. The van der Waals surface area contributed by atoms with Crippen molar-refractivity contribution in [2.45, 2.75) is 131 Å². The minimum atomic E-state index is -1.46. The average molecular weight is 485 g/mol. The maximum Gasteiger partial charge on any atom is 0.184 e. The monoisotopic (exact) mass is 484 g/mol. The van der Waals surface area contributed by atoms with Gasteiger partial charge in [0.1, 0.15) is 0 Å². The zero-order valence-electron chi connectivity index (χ0n) is 24.2. The lowest BCUT2D eigenvalue weighted by atomic mass is 9.47. The van der Waals surface area contributed by atoms with E-state index in [1.165, 1.54) is 64.2 Å². The van der Waals surface area contributed by atoms with E-state index in [-0.39, 0.29) is 0 Å². The quantitative estimate of drug-likeness (QED) is 0.258. The molecule has 1 nitrogen and oxygen atoms in total. The van der Waals surface area contributed by atoms with Gasteiger partial charge in [-0.05, 0) is 137 Å². The van der Waals surface area contributed by atoms with E-state index in [1.54, 1.807) is 11.1 Å². The summed E-state index contributed by atoms with van der Waals surface area (Å²) < 4.78 is 6.59. The van der Waals surface area contributed by atoms with Crippen LogP contribution in [0.2, 0.25) is 19.6 Å². The Hall–Kier alpha value is -0.343. The van der Waals surface area contributed by atoms with Crippen LogP contribution < -0.4 is 0 Å². The summed E-state index contributed by atoms with van der Waals surface area (Å²) in [7, 11) is -1.46. The molecule has 34 heavy (non-hydrogen) atoms. The van der Waals surface area contributed by atoms with Gasteiger partial charge in [0, 0.05) is 6.10 Å². The Morgan fingerprint density at radius 2 is 1.79 bits per heavy atom. The molecule has 0 unspecified atom stereocenters. The van der Waals surface area contributed by atoms with Crippen LogP contribution in [0.25, 0.3) is 0 Å². The van der Waals surface area contributed by atoms with Crippen molar-refractivity contribution in [2.24, 2.45) is 46.3 Å². The van der Waals surface area contributed by atoms with Crippen molar-refractivity contribution in [3.63, 3.8) is 0 Å². The zero-order valence-corrected chi connectivity index (χ0v) is 25.2. The van der Waals surface area contributed by atoms with E-state index < -0.39 is 8.32 Å². The summed E-state index contributed by atoms with van der Waals surface area (Å²) in [6.07, 6.45) is 19.4. The maximum absolute atomic E-state index is 6.59. The molecule has 0 amide bonds. The lowest BCUT2D eigenvalue weighted by Gasteiger charge is -2.58. The molecule has 0 aromatic heterocycles. The number of hydrogen-bond acceptors (Lipinski definition) is 1. The van der Waals surface area contributed by atoms with Gasteiger partial charge in [0.15, 0.2) is 8.32 Å². The van der Waals surface area contributed by atoms with Crippen LogP contribution in [-0.4, -0.2) is 14.4 Å². The second-order valence-electron chi connectivity index (χ2n) is 14.6. The first kappa shape index (κ1) is 26.7. The predicted molar refractivity (Wildman–Crippen MR) is 150 cm³/mol. The molecule has 0 heterocycles. The predicted octanol–water partition coefficient (Wildman–Crippen LogP) is 9.80. The molecule has 0 spiro atoms. The first-order chi connectivity index (χ1) is 15.9. The van der Waals surface area contributed by atoms with E-state index in [0.29, 0.717) is 22.9 Å². The first-order valence-corrected chi connectivity index (χ1v) is 18.3. The average Bonchev–Trinajstić information content (AvgIpc) is 3.10. The molecule has 0 radical (unpaired) electrons. The van der Waals surface area contributed by atoms with E-state index in [9.17, 15) is 0 Å². The molecule has 0 N–H and O–H groups in total. The van der Waals surface area contributed by atoms with Crippen LogP contribution in [0.5, 0.6) is 0 Å². The normalized spacial score (nSPS) is 41.5. The molecule has 194 valence electrons. The lowest BCUT2D eigenvalue weighted by Crippen LogP contribution is -2.51. The topological polar surface area (TPSA) is 9.23 Å². The SMILES string of the molecule is C/C=C(\CC[C@@H](C)[C@H]1CC[C@H]2[C@@H]3CC=C4C[C@@H](O[Si](C)(C)C)CC[C@]4(C)[C@H]3CC[C@]12C)C(C)C. The molecule has 0 aromatic carbocycles. The van der Waals surface area contributed by atoms with Crippen molar-refractivity contribution in [2.75, 3.05) is 0 Å². The summed E-state index contributed by atoms with van der Waals surface area (Å²) in [5.41, 5.74) is 4.48. The molecule has 4 aliphatic rings. The van der Waals surface area contributed by atoms with Gasteiger partial charge in [-0.25, -0.2) is 0 Å². The molecule has 8 atom stereocenters. The molecular formula is C32H56OSi. The highest BCUT2D eigenvalue weighted by Crippen LogP contribution is 2.67. The molecule has 0 aliphatic heterocycles. The zero-order chi connectivity index (χ0) is 24.9. The van der Waals surface area contributed by atoms with Crippen molar-refractivity contribution in [3.05, 3.63) is 23.3 Å². The molecule has 4 aliphatic carbocycles. The molecule has 0 saturated heterocycles. The summed E-state index contributed by atoms with van der Waals surface area (Å²) in [5.74, 6) is 5.30. The molecular weight excluding hydrogens is 428 g/mol. The number of allylic oxidation sites excluding steroid dienone is 3. The standard InChI is InChI=1S/C32H56OSi/c1-10-24(22(2)3)12-11-23(4)28-15-16-29-27-14-13-25-21-26(33-34(7,8)9)17-19-31(25,5)30(27)18-20-32(28,29)6/h10,13,22-23,26-30H,11-12,14-21H2,1-9H3/b24-10+/t23-,26+,27+,28-,29+,30+,31+,32-/m1/s1. The highest BCUT2D eigenvalue weighted by molar-refractivity contribution is 6.69. The van der Waals surface area contributed by atoms with Crippen LogP contribution in [-0.2, 0) is 4.43 Å². The van der Waals surface area contributed by atoms with E-state index in [1.807, 2.05) is 0 Å². The van der Waals surface area contributed by atoms with Crippen molar-refractivity contribution in [3.8, 4) is 0 Å². The number of fused-ring (bicyclic) bond motifs is 5. The van der Waals surface area contributed by atoms with Crippen molar-refractivity contribution < 1.29 is 4.43 Å². The van der Waals surface area contributed by atoms with E-state index in [4.69, 9.17) is 4.43 Å². The fourth-order valence-corrected chi connectivity index (χ4v) is 10.8. The summed E-state index contributed by atoms with van der Waals surface area (Å²) in [6.45, 7) is 22.0. The molecule has 2 heteroatoms. The third-order valence-corrected chi connectivity index (χ3v) is 12.4. The Bertz CT molecular complexity index is 787. The van der Waals surface area contributed by atoms with Crippen LogP contribution in [0, 0.1) is 46.3 Å². The summed E-state index contributed by atoms with van der Waals surface area (Å²) in [4.78, 5) is 0. The molecule has 4 rings (SSSR count). The summed E-state index contributed by atoms with van der Waals surface area (Å²) >= 11 is 0. The molecule has 0 bridgehead atoms. The second kappa shape index (κ2) is 9.84. The van der Waals surface area contributed by atoms with E-state index in [2.05, 4.69) is 73.3 Å². The van der Waals surface area contributed by atoms with E-state index in [0.717, 1.165) is 29.6 Å². The Balaban J connectivity index is 1.46. The van der Waals surface area contributed by atoms with Crippen LogP contribution >= 0.6 is 0 Å². The second-order valence-corrected chi connectivity index (χ2v) is 19.1. The van der Waals surface area contributed by atoms with Gasteiger partial charge in [0.25, 0.3) is 0 Å². The Labute approximate surface area is 213 Å². The van der Waals surface area contributed by atoms with Crippen LogP contribution in [0.1, 0.15) is 106 Å². The molecule has 3 saturated carbocycles. The highest BCUT2D eigenvalue weighted by Gasteiger charge is 2.59. The Morgan fingerprint density at radius 1 is 1.06 bits per heavy atom. The third kappa shape index (κ3) is 4.93. The lowest BCUT2D eigenvalue weighted by molar-refractivity contribution is -0.0561. The van der Waals surface area contributed by atoms with Crippen molar-refractivity contribution in [1.29, 1.82) is 0 Å². The van der Waals surface area contributed by atoms with Gasteiger partial charge in [-0.1, -0.05) is 57.9 Å². The number of hydrogen-bond donors (Lipinski definition) is 0. The van der Waals surface area contributed by atoms with Gasteiger partial charge in [-0.2, -0.15) is 0 Å². The van der Waals surface area contributed by atoms with Gasteiger partial charge in [-0.3, -0.25) is 0 Å². The van der Waals surface area contributed by atoms with E-state index >= 15 is 0 Å². The van der Waals surface area contributed by atoms with Gasteiger partial charge >= 0.3 is 0 Å². The summed E-state index contributed by atoms with van der Waals surface area (Å²) in [5, 5.41) is 0. The first-order valence-electron chi connectivity index (χ1n) is 14.9. The Morgan fingerprint density at radius 3 is 2.44 bits per heavy atom. The van der Waals surface area contributed by atoms with Gasteiger partial charge in [-0.15, -0.1) is 0 Å². The fourth-order valence-electron chi connectivity index (χ4n) is 9.57. The largest absolute Gasteiger partial charge is 0.414 e. The minimum absolute atomic E-state index is 0.450. The highest BCUT2D eigenvalue weighted by atomic mass is 28.4. The fraction of sp³-hybridized carbons (Fsp3) is 0.875. The summed E-state index contributed by atoms with van der Waals surface area (Å²) in [6, 6.07) is 0. The number of rotatable bonds is 7. The van der Waals surface area contributed by atoms with Gasteiger partial charge < -0.3 is 4.43 Å². The maximum atomic E-state index is 6.59. The van der Waals surface area contributed by atoms with Gasteiger partial charge in [0.2, 0.25) is 0 Å². The smallest absolute Gasteiger partial charge is 0.184 e. The third-order valence-electron chi connectivity index (χ3n) is 11.3. The van der Waals surface area contributed by atoms with Crippen LogP contribution in [0.3, 0.4) is 0 Å². The van der Waals surface area contributed by atoms with Crippen molar-refractivity contribution >= 4 is 8.32 Å². The van der Waals surface area contributed by atoms with Crippen LogP contribution in [0.4, 0.5) is 0 Å². The molecule has 3 fully saturated rings. The van der Waals surface area contributed by atoms with Crippen molar-refractivity contribution in [1.82, 2.24) is 0 Å². The molecule has 0 aromatic rings. The van der Waals surface area contributed by atoms with Gasteiger partial charge in [0.05, 0.1) is 0 Å². The minimum Gasteiger partial charge on any atom is -0.414 e. The van der Waals surface area contributed by atoms with Crippen LogP contribution in [0.15, 0.2) is 23.3 Å².